The predicted octanol–water partition coefficient (Wildman–Crippen LogP) is 3.07. The average molecular weight is 537 g/mol. The van der Waals surface area contributed by atoms with Gasteiger partial charge in [-0.05, 0) is 38.1 Å². The van der Waals surface area contributed by atoms with Crippen LogP contribution in [0.1, 0.15) is 35.8 Å². The van der Waals surface area contributed by atoms with E-state index in [4.69, 9.17) is 14.2 Å². The summed E-state index contributed by atoms with van der Waals surface area (Å²) in [5.41, 5.74) is 2.25. The predicted molar refractivity (Wildman–Crippen MR) is 146 cm³/mol. The van der Waals surface area contributed by atoms with Crippen LogP contribution in [0.2, 0.25) is 0 Å². The number of piperazine rings is 1. The number of nitrogens with zero attached hydrogens (tertiary/aromatic N) is 3. The number of para-hydroxylation sites is 1. The van der Waals surface area contributed by atoms with Gasteiger partial charge in [-0.3, -0.25) is 14.6 Å². The number of hydrogen-bond donors (Lipinski definition) is 1. The Labute approximate surface area is 229 Å². The van der Waals surface area contributed by atoms with Crippen LogP contribution in [-0.2, 0) is 9.53 Å². The van der Waals surface area contributed by atoms with Crippen molar-refractivity contribution in [2.75, 3.05) is 60.1 Å². The van der Waals surface area contributed by atoms with Gasteiger partial charge in [-0.1, -0.05) is 24.3 Å². The van der Waals surface area contributed by atoms with Gasteiger partial charge in [0.25, 0.3) is 5.91 Å². The first kappa shape index (κ1) is 28.0. The molecule has 2 aromatic rings. The monoisotopic (exact) mass is 536 g/mol. The first-order chi connectivity index (χ1) is 18.9. The van der Waals surface area contributed by atoms with Crippen LogP contribution < -0.4 is 14.8 Å². The van der Waals surface area contributed by atoms with Crippen molar-refractivity contribution < 1.29 is 28.6 Å². The highest BCUT2D eigenvalue weighted by Gasteiger charge is 2.39. The molecule has 2 heterocycles. The van der Waals surface area contributed by atoms with E-state index in [-0.39, 0.29) is 18.5 Å². The van der Waals surface area contributed by atoms with E-state index in [1.807, 2.05) is 36.1 Å². The molecular formula is C29H36N4O6. The van der Waals surface area contributed by atoms with Crippen LogP contribution in [0.4, 0.5) is 4.79 Å². The Morgan fingerprint density at radius 1 is 0.974 bits per heavy atom. The van der Waals surface area contributed by atoms with Gasteiger partial charge in [0, 0.05) is 56.1 Å². The number of ether oxygens (including phenoxy) is 3. The normalized spacial score (nSPS) is 18.1. The lowest BCUT2D eigenvalue weighted by molar-refractivity contribution is -0.139. The summed E-state index contributed by atoms with van der Waals surface area (Å²) in [4.78, 5) is 45.3. The van der Waals surface area contributed by atoms with Gasteiger partial charge in [-0.15, -0.1) is 0 Å². The Kier molecular flexibility index (Phi) is 9.08. The standard InChI is InChI=1S/C29H36N4O6/c1-5-33-23(19-31-14-16-32(17-15-31)27(34)20-10-9-11-21(18-20)37-3)25(28(35)39-6-2)26(30-29(33)36)22-12-7-8-13-24(22)38-4/h7-13,18,26H,5-6,14-17,19H2,1-4H3,(H,30,36). The van der Waals surface area contributed by atoms with Crippen molar-refractivity contribution in [2.24, 2.45) is 0 Å². The van der Waals surface area contributed by atoms with Crippen LogP contribution in [-0.4, -0.2) is 92.7 Å². The van der Waals surface area contributed by atoms with Crippen LogP contribution in [0, 0.1) is 0 Å². The number of urea groups is 1. The molecular weight excluding hydrogens is 500 g/mol. The first-order valence-corrected chi connectivity index (χ1v) is 13.2. The Morgan fingerprint density at radius 2 is 1.72 bits per heavy atom. The number of carbonyl (C=O) groups is 3. The highest BCUT2D eigenvalue weighted by molar-refractivity contribution is 5.96. The largest absolute Gasteiger partial charge is 0.497 e. The molecule has 10 heteroatoms. The third kappa shape index (κ3) is 6.01. The minimum atomic E-state index is -0.721. The number of rotatable bonds is 9. The van der Waals surface area contributed by atoms with Gasteiger partial charge in [0.05, 0.1) is 32.4 Å². The fourth-order valence-corrected chi connectivity index (χ4v) is 5.06. The maximum Gasteiger partial charge on any atom is 0.338 e. The molecule has 2 aliphatic heterocycles. The van der Waals surface area contributed by atoms with E-state index in [0.29, 0.717) is 73.2 Å². The molecule has 208 valence electrons. The molecule has 0 radical (unpaired) electrons. The summed E-state index contributed by atoms with van der Waals surface area (Å²) in [5.74, 6) is 0.674. The van der Waals surface area contributed by atoms with Crippen LogP contribution in [0.25, 0.3) is 0 Å². The van der Waals surface area contributed by atoms with E-state index in [0.717, 1.165) is 0 Å². The minimum absolute atomic E-state index is 0.0524. The molecule has 2 aliphatic rings. The number of hydrogen-bond acceptors (Lipinski definition) is 7. The highest BCUT2D eigenvalue weighted by atomic mass is 16.5. The molecule has 1 unspecified atom stereocenters. The smallest absolute Gasteiger partial charge is 0.338 e. The van der Waals surface area contributed by atoms with Gasteiger partial charge >= 0.3 is 12.0 Å². The Bertz CT molecular complexity index is 1240. The molecule has 1 fully saturated rings. The molecule has 1 saturated heterocycles. The number of methoxy groups -OCH3 is 2. The van der Waals surface area contributed by atoms with E-state index in [1.54, 1.807) is 50.3 Å². The van der Waals surface area contributed by atoms with Gasteiger partial charge in [-0.25, -0.2) is 9.59 Å². The summed E-state index contributed by atoms with van der Waals surface area (Å²) < 4.78 is 16.3. The topological polar surface area (TPSA) is 101 Å². The maximum absolute atomic E-state index is 13.4. The number of carbonyl (C=O) groups excluding carboxylic acids is 3. The Hall–Kier alpha value is -4.05. The van der Waals surface area contributed by atoms with Gasteiger partial charge in [-0.2, -0.15) is 0 Å². The zero-order chi connectivity index (χ0) is 27.9. The van der Waals surface area contributed by atoms with Crippen molar-refractivity contribution >= 4 is 17.9 Å². The average Bonchev–Trinajstić information content (AvgIpc) is 2.97. The van der Waals surface area contributed by atoms with Crippen molar-refractivity contribution in [1.82, 2.24) is 20.0 Å². The lowest BCUT2D eigenvalue weighted by Crippen LogP contribution is -2.53. The zero-order valence-electron chi connectivity index (χ0n) is 22.9. The second-order valence-corrected chi connectivity index (χ2v) is 9.25. The molecule has 1 N–H and O–H groups in total. The second-order valence-electron chi connectivity index (χ2n) is 9.25. The molecule has 2 aromatic carbocycles. The van der Waals surface area contributed by atoms with Crippen molar-refractivity contribution in [3.63, 3.8) is 0 Å². The van der Waals surface area contributed by atoms with Crippen molar-refractivity contribution in [2.45, 2.75) is 19.9 Å². The third-order valence-corrected chi connectivity index (χ3v) is 7.05. The number of benzene rings is 2. The lowest BCUT2D eigenvalue weighted by atomic mass is 9.93. The van der Waals surface area contributed by atoms with Crippen LogP contribution in [0.3, 0.4) is 0 Å². The van der Waals surface area contributed by atoms with E-state index < -0.39 is 12.0 Å². The summed E-state index contributed by atoms with van der Waals surface area (Å²) in [7, 11) is 3.13. The molecule has 1 atom stereocenters. The van der Waals surface area contributed by atoms with Crippen molar-refractivity contribution in [1.29, 1.82) is 0 Å². The Balaban J connectivity index is 1.60. The van der Waals surface area contributed by atoms with Gasteiger partial charge in [0.15, 0.2) is 0 Å². The van der Waals surface area contributed by atoms with E-state index >= 15 is 0 Å². The number of esters is 1. The first-order valence-electron chi connectivity index (χ1n) is 13.2. The van der Waals surface area contributed by atoms with Gasteiger partial charge in [0.1, 0.15) is 11.5 Å². The summed E-state index contributed by atoms with van der Waals surface area (Å²) in [6.45, 7) is 6.81. The molecule has 3 amide bonds. The van der Waals surface area contributed by atoms with Crippen LogP contribution >= 0.6 is 0 Å². The molecule has 0 aliphatic carbocycles. The van der Waals surface area contributed by atoms with E-state index in [1.165, 1.54) is 0 Å². The Morgan fingerprint density at radius 3 is 2.38 bits per heavy atom. The van der Waals surface area contributed by atoms with E-state index in [2.05, 4.69) is 10.2 Å². The third-order valence-electron chi connectivity index (χ3n) is 7.05. The molecule has 0 bridgehead atoms. The quantitative estimate of drug-likeness (QED) is 0.492. The van der Waals surface area contributed by atoms with Crippen LogP contribution in [0.5, 0.6) is 11.5 Å². The van der Waals surface area contributed by atoms with Gasteiger partial charge in [0.2, 0.25) is 0 Å². The molecule has 39 heavy (non-hydrogen) atoms. The van der Waals surface area contributed by atoms with Crippen molar-refractivity contribution in [3.8, 4) is 11.5 Å². The second kappa shape index (κ2) is 12.7. The summed E-state index contributed by atoms with van der Waals surface area (Å²) in [6.07, 6.45) is 0. The minimum Gasteiger partial charge on any atom is -0.497 e. The maximum atomic E-state index is 13.4. The molecule has 0 saturated carbocycles. The van der Waals surface area contributed by atoms with E-state index in [9.17, 15) is 14.4 Å². The highest BCUT2D eigenvalue weighted by Crippen LogP contribution is 2.36. The fourth-order valence-electron chi connectivity index (χ4n) is 5.06. The number of nitrogens with one attached hydrogen (secondary N) is 1. The SMILES string of the molecule is CCOC(=O)C1=C(CN2CCN(C(=O)c3cccc(OC)c3)CC2)N(CC)C(=O)NC1c1ccccc1OC. The molecule has 0 aromatic heterocycles. The molecule has 4 rings (SSSR count). The number of likely N-dealkylation sites (N-methyl/N-ethyl adjacent to an activating group) is 1. The summed E-state index contributed by atoms with van der Waals surface area (Å²) in [6, 6.07) is 13.4. The summed E-state index contributed by atoms with van der Waals surface area (Å²) in [5, 5.41) is 2.98. The fraction of sp³-hybridized carbons (Fsp3) is 0.414. The zero-order valence-corrected chi connectivity index (χ0v) is 22.9. The molecule has 0 spiro atoms. The number of amides is 3. The summed E-state index contributed by atoms with van der Waals surface area (Å²) >= 11 is 0. The van der Waals surface area contributed by atoms with Gasteiger partial charge < -0.3 is 24.4 Å². The lowest BCUT2D eigenvalue weighted by Gasteiger charge is -2.40. The van der Waals surface area contributed by atoms with Crippen LogP contribution in [0.15, 0.2) is 59.8 Å². The molecule has 10 nitrogen and oxygen atoms in total. The van der Waals surface area contributed by atoms with Crippen molar-refractivity contribution in [3.05, 3.63) is 70.9 Å².